The molecule has 1 aromatic carbocycles. The summed E-state index contributed by atoms with van der Waals surface area (Å²) >= 11 is 0. The summed E-state index contributed by atoms with van der Waals surface area (Å²) in [7, 11) is 1.38. The zero-order chi connectivity index (χ0) is 15.3. The van der Waals surface area contributed by atoms with Gasteiger partial charge in [-0.2, -0.15) is 0 Å². The predicted octanol–water partition coefficient (Wildman–Crippen LogP) is 1.30. The summed E-state index contributed by atoms with van der Waals surface area (Å²) in [5.74, 6) is -1.28. The van der Waals surface area contributed by atoms with E-state index in [1.54, 1.807) is 18.2 Å². The van der Waals surface area contributed by atoms with Gasteiger partial charge >= 0.3 is 12.0 Å². The highest BCUT2D eigenvalue weighted by molar-refractivity contribution is 5.98. The van der Waals surface area contributed by atoms with E-state index in [1.165, 1.54) is 14.0 Å². The maximum absolute atomic E-state index is 11.9. The number of hydrogen-bond acceptors (Lipinski definition) is 4. The number of carbonyl (C=O) groups is 3. The Hall–Kier alpha value is -2.37. The predicted molar refractivity (Wildman–Crippen MR) is 73.4 cm³/mol. The van der Waals surface area contributed by atoms with Gasteiger partial charge in [-0.15, -0.1) is 0 Å². The van der Waals surface area contributed by atoms with Gasteiger partial charge in [-0.25, -0.2) is 9.59 Å². The molecule has 1 aromatic rings. The highest BCUT2D eigenvalue weighted by Gasteiger charge is 2.20. The van der Waals surface area contributed by atoms with E-state index in [0.717, 1.165) is 11.1 Å². The van der Waals surface area contributed by atoms with Crippen molar-refractivity contribution in [1.29, 1.82) is 0 Å². The van der Waals surface area contributed by atoms with Crippen LogP contribution >= 0.6 is 0 Å². The molecule has 1 unspecified atom stereocenters. The van der Waals surface area contributed by atoms with Crippen LogP contribution in [0.2, 0.25) is 0 Å². The fourth-order valence-corrected chi connectivity index (χ4v) is 1.43. The van der Waals surface area contributed by atoms with Gasteiger partial charge in [-0.05, 0) is 44.0 Å². The highest BCUT2D eigenvalue weighted by atomic mass is 16.5. The van der Waals surface area contributed by atoms with Crippen LogP contribution in [-0.2, 0) is 9.53 Å². The fourth-order valence-electron chi connectivity index (χ4n) is 1.43. The SMILES string of the molecule is CNC(=O)NC(=O)C(C)OC(=O)c1ccc(C)c(C)c1. The van der Waals surface area contributed by atoms with Crippen molar-refractivity contribution >= 4 is 17.9 Å². The largest absolute Gasteiger partial charge is 0.449 e. The molecule has 0 fully saturated rings. The smallest absolute Gasteiger partial charge is 0.338 e. The normalized spacial score (nSPS) is 11.4. The van der Waals surface area contributed by atoms with Gasteiger partial charge in [0.2, 0.25) is 0 Å². The van der Waals surface area contributed by atoms with Crippen molar-refractivity contribution < 1.29 is 19.1 Å². The average molecular weight is 278 g/mol. The summed E-state index contributed by atoms with van der Waals surface area (Å²) in [6, 6.07) is 4.49. The molecule has 0 aromatic heterocycles. The molecule has 3 amide bonds. The van der Waals surface area contributed by atoms with Gasteiger partial charge in [0.15, 0.2) is 6.10 Å². The first kappa shape index (κ1) is 15.7. The number of esters is 1. The van der Waals surface area contributed by atoms with Crippen molar-refractivity contribution in [3.05, 3.63) is 34.9 Å². The first-order valence-corrected chi connectivity index (χ1v) is 6.16. The van der Waals surface area contributed by atoms with E-state index in [1.807, 2.05) is 19.2 Å². The average Bonchev–Trinajstić information content (AvgIpc) is 2.41. The molecule has 0 saturated heterocycles. The lowest BCUT2D eigenvalue weighted by atomic mass is 10.1. The van der Waals surface area contributed by atoms with Crippen LogP contribution in [0.3, 0.4) is 0 Å². The van der Waals surface area contributed by atoms with Crippen LogP contribution in [0.4, 0.5) is 4.79 Å². The first-order valence-electron chi connectivity index (χ1n) is 6.16. The third kappa shape index (κ3) is 4.08. The molecule has 0 radical (unpaired) electrons. The van der Waals surface area contributed by atoms with Gasteiger partial charge in [-0.1, -0.05) is 6.07 Å². The van der Waals surface area contributed by atoms with E-state index >= 15 is 0 Å². The Morgan fingerprint density at radius 1 is 1.15 bits per heavy atom. The van der Waals surface area contributed by atoms with Crippen LogP contribution in [-0.4, -0.2) is 31.1 Å². The maximum atomic E-state index is 11.9. The Kier molecular flexibility index (Phi) is 5.25. The molecule has 0 bridgehead atoms. The van der Waals surface area contributed by atoms with E-state index in [9.17, 15) is 14.4 Å². The molecule has 0 aliphatic rings. The lowest BCUT2D eigenvalue weighted by Crippen LogP contribution is -2.43. The van der Waals surface area contributed by atoms with Crippen LogP contribution < -0.4 is 10.6 Å². The second-order valence-electron chi connectivity index (χ2n) is 4.41. The second kappa shape index (κ2) is 6.70. The summed E-state index contributed by atoms with van der Waals surface area (Å²) in [4.78, 5) is 34.4. The van der Waals surface area contributed by atoms with Crippen LogP contribution in [0.25, 0.3) is 0 Å². The Bertz CT molecular complexity index is 540. The van der Waals surface area contributed by atoms with Gasteiger partial charge in [0.05, 0.1) is 5.56 Å². The lowest BCUT2D eigenvalue weighted by molar-refractivity contribution is -0.127. The number of ether oxygens (including phenoxy) is 1. The molecular formula is C14H18N2O4. The first-order chi connectivity index (χ1) is 9.35. The molecule has 0 spiro atoms. The molecule has 0 heterocycles. The Morgan fingerprint density at radius 3 is 2.35 bits per heavy atom. The number of aryl methyl sites for hydroxylation is 2. The third-order valence-corrected chi connectivity index (χ3v) is 2.86. The summed E-state index contributed by atoms with van der Waals surface area (Å²) in [5, 5.41) is 4.28. The molecule has 0 aliphatic heterocycles. The van der Waals surface area contributed by atoms with Gasteiger partial charge < -0.3 is 10.1 Å². The molecular weight excluding hydrogens is 260 g/mol. The van der Waals surface area contributed by atoms with E-state index in [4.69, 9.17) is 4.74 Å². The van der Waals surface area contributed by atoms with Crippen molar-refractivity contribution in [3.63, 3.8) is 0 Å². The third-order valence-electron chi connectivity index (χ3n) is 2.86. The zero-order valence-electron chi connectivity index (χ0n) is 11.9. The topological polar surface area (TPSA) is 84.5 Å². The number of amides is 3. The maximum Gasteiger partial charge on any atom is 0.338 e. The standard InChI is InChI=1S/C14H18N2O4/c1-8-5-6-11(7-9(8)2)13(18)20-10(3)12(17)16-14(19)15-4/h5-7,10H,1-4H3,(H2,15,16,17,19). The summed E-state index contributed by atoms with van der Waals surface area (Å²) in [5.41, 5.74) is 2.39. The number of rotatable bonds is 3. The minimum Gasteiger partial charge on any atom is -0.449 e. The molecule has 2 N–H and O–H groups in total. The van der Waals surface area contributed by atoms with E-state index in [0.29, 0.717) is 5.56 Å². The molecule has 0 saturated carbocycles. The monoisotopic (exact) mass is 278 g/mol. The Morgan fingerprint density at radius 2 is 1.80 bits per heavy atom. The van der Waals surface area contributed by atoms with Crippen LogP contribution in [0.1, 0.15) is 28.4 Å². The number of nitrogens with one attached hydrogen (secondary N) is 2. The molecule has 20 heavy (non-hydrogen) atoms. The number of carbonyl (C=O) groups excluding carboxylic acids is 3. The minimum absolute atomic E-state index is 0.368. The van der Waals surface area contributed by atoms with E-state index in [2.05, 4.69) is 5.32 Å². The van der Waals surface area contributed by atoms with Crippen molar-refractivity contribution in [3.8, 4) is 0 Å². The number of urea groups is 1. The Balaban J connectivity index is 2.67. The van der Waals surface area contributed by atoms with E-state index < -0.39 is 24.0 Å². The molecule has 0 aliphatic carbocycles. The van der Waals surface area contributed by atoms with Crippen molar-refractivity contribution in [2.45, 2.75) is 26.9 Å². The second-order valence-corrected chi connectivity index (χ2v) is 4.41. The van der Waals surface area contributed by atoms with Crippen molar-refractivity contribution in [2.24, 2.45) is 0 Å². The van der Waals surface area contributed by atoms with Crippen molar-refractivity contribution in [2.75, 3.05) is 7.05 Å². The molecule has 108 valence electrons. The quantitative estimate of drug-likeness (QED) is 0.816. The van der Waals surface area contributed by atoms with Gasteiger partial charge in [0.1, 0.15) is 0 Å². The highest BCUT2D eigenvalue weighted by Crippen LogP contribution is 2.11. The summed E-state index contributed by atoms with van der Waals surface area (Å²) < 4.78 is 5.01. The minimum atomic E-state index is -1.05. The van der Waals surface area contributed by atoms with Crippen LogP contribution in [0, 0.1) is 13.8 Å². The van der Waals surface area contributed by atoms with Crippen LogP contribution in [0.5, 0.6) is 0 Å². The number of benzene rings is 1. The fraction of sp³-hybridized carbons (Fsp3) is 0.357. The molecule has 6 heteroatoms. The van der Waals surface area contributed by atoms with Crippen LogP contribution in [0.15, 0.2) is 18.2 Å². The Labute approximate surface area is 117 Å². The molecule has 6 nitrogen and oxygen atoms in total. The van der Waals surface area contributed by atoms with Gasteiger partial charge in [0.25, 0.3) is 5.91 Å². The molecule has 1 rings (SSSR count). The zero-order valence-corrected chi connectivity index (χ0v) is 11.9. The molecule has 1 atom stereocenters. The van der Waals surface area contributed by atoms with Crippen molar-refractivity contribution in [1.82, 2.24) is 10.6 Å². The summed E-state index contributed by atoms with van der Waals surface area (Å²) in [6.07, 6.45) is -1.05. The number of hydrogen-bond donors (Lipinski definition) is 2. The lowest BCUT2D eigenvalue weighted by Gasteiger charge is -2.13. The van der Waals surface area contributed by atoms with Gasteiger partial charge in [-0.3, -0.25) is 10.1 Å². The van der Waals surface area contributed by atoms with E-state index in [-0.39, 0.29) is 0 Å². The van der Waals surface area contributed by atoms with Gasteiger partial charge in [0, 0.05) is 7.05 Å². The number of imide groups is 1. The summed E-state index contributed by atoms with van der Waals surface area (Å²) in [6.45, 7) is 5.22.